The molecule has 3 rings (SSSR count). The molecule has 1 fully saturated rings. The van der Waals surface area contributed by atoms with E-state index in [1.165, 1.54) is 5.56 Å². The molecule has 3 nitrogen and oxygen atoms in total. The van der Waals surface area contributed by atoms with E-state index in [1.54, 1.807) is 0 Å². The molecule has 1 unspecified atom stereocenters. The molecule has 1 aliphatic heterocycles. The number of hydrogen-bond acceptors (Lipinski definition) is 3. The van der Waals surface area contributed by atoms with Crippen molar-refractivity contribution in [1.29, 1.82) is 0 Å². The van der Waals surface area contributed by atoms with Crippen LogP contribution in [0.1, 0.15) is 24.8 Å². The zero-order chi connectivity index (χ0) is 13.2. The van der Waals surface area contributed by atoms with Gasteiger partial charge >= 0.3 is 0 Å². The number of allylic oxidation sites excluding steroid dienone is 1. The molecule has 1 aliphatic carbocycles. The molecule has 3 heteroatoms. The van der Waals surface area contributed by atoms with E-state index in [4.69, 9.17) is 0 Å². The van der Waals surface area contributed by atoms with Crippen LogP contribution in [0.15, 0.2) is 41.4 Å². The van der Waals surface area contributed by atoms with Gasteiger partial charge in [-0.25, -0.2) is 0 Å². The Bertz CT molecular complexity index is 560. The normalized spacial score (nSPS) is 22.3. The molecule has 1 heterocycles. The van der Waals surface area contributed by atoms with Crippen LogP contribution < -0.4 is 5.32 Å². The Morgan fingerprint density at radius 3 is 2.95 bits per heavy atom. The minimum absolute atomic E-state index is 0.0167. The zero-order valence-corrected chi connectivity index (χ0v) is 11.0. The van der Waals surface area contributed by atoms with E-state index in [0.717, 1.165) is 36.2 Å². The first-order chi connectivity index (χ1) is 9.22. The van der Waals surface area contributed by atoms with Crippen molar-refractivity contribution < 1.29 is 4.79 Å². The maximum atomic E-state index is 11.9. The second kappa shape index (κ2) is 5.10. The standard InChI is InChI=1S/C16H18N2O/c1-11-6-7-15(16(19)8-11)17-10-13-9-12-4-2-3-5-14(12)18-13/h2-5,15,17H,1,6-10H2. The van der Waals surface area contributed by atoms with Gasteiger partial charge in [0.1, 0.15) is 0 Å². The number of rotatable bonds is 3. The summed E-state index contributed by atoms with van der Waals surface area (Å²) >= 11 is 0. The number of ketones is 1. The van der Waals surface area contributed by atoms with Crippen LogP contribution in [0.25, 0.3) is 0 Å². The maximum Gasteiger partial charge on any atom is 0.153 e. The number of hydrogen-bond donors (Lipinski definition) is 1. The summed E-state index contributed by atoms with van der Waals surface area (Å²) in [6.07, 6.45) is 3.26. The molecule has 1 saturated carbocycles. The highest BCUT2D eigenvalue weighted by atomic mass is 16.1. The summed E-state index contributed by atoms with van der Waals surface area (Å²) in [6.45, 7) is 4.60. The van der Waals surface area contributed by atoms with Crippen molar-refractivity contribution >= 4 is 17.2 Å². The summed E-state index contributed by atoms with van der Waals surface area (Å²) in [4.78, 5) is 16.5. The van der Waals surface area contributed by atoms with E-state index in [2.05, 4.69) is 23.0 Å². The summed E-state index contributed by atoms with van der Waals surface area (Å²) in [5.41, 5.74) is 4.54. The van der Waals surface area contributed by atoms with Crippen molar-refractivity contribution in [3.8, 4) is 0 Å². The SMILES string of the molecule is C=C1CCC(NCC2=Nc3ccccc3C2)C(=O)C1. The van der Waals surface area contributed by atoms with E-state index in [1.807, 2.05) is 18.2 Å². The summed E-state index contributed by atoms with van der Waals surface area (Å²) in [6, 6.07) is 8.19. The maximum absolute atomic E-state index is 11.9. The number of carbonyl (C=O) groups excluding carboxylic acids is 1. The lowest BCUT2D eigenvalue weighted by Crippen LogP contribution is -2.41. The van der Waals surface area contributed by atoms with Crippen LogP contribution in [0, 0.1) is 0 Å². The molecule has 0 radical (unpaired) electrons. The van der Waals surface area contributed by atoms with Crippen LogP contribution in [0.2, 0.25) is 0 Å². The van der Waals surface area contributed by atoms with Crippen molar-refractivity contribution in [3.05, 3.63) is 42.0 Å². The molecule has 1 aromatic carbocycles. The Kier molecular flexibility index (Phi) is 3.30. The largest absolute Gasteiger partial charge is 0.302 e. The van der Waals surface area contributed by atoms with Crippen molar-refractivity contribution in [1.82, 2.24) is 5.32 Å². The highest BCUT2D eigenvalue weighted by Gasteiger charge is 2.24. The van der Waals surface area contributed by atoms with Gasteiger partial charge in [-0.1, -0.05) is 30.4 Å². The van der Waals surface area contributed by atoms with E-state index in [0.29, 0.717) is 13.0 Å². The van der Waals surface area contributed by atoms with Crippen molar-refractivity contribution in [2.75, 3.05) is 6.54 Å². The molecule has 1 atom stereocenters. The summed E-state index contributed by atoms with van der Waals surface area (Å²) in [7, 11) is 0. The first kappa shape index (κ1) is 12.3. The van der Waals surface area contributed by atoms with Crippen LogP contribution in [0.4, 0.5) is 5.69 Å². The molecule has 0 spiro atoms. The fourth-order valence-electron chi connectivity index (χ4n) is 2.73. The Hall–Kier alpha value is -1.74. The predicted molar refractivity (Wildman–Crippen MR) is 77.0 cm³/mol. The number of fused-ring (bicyclic) bond motifs is 1. The number of nitrogens with zero attached hydrogens (tertiary/aromatic N) is 1. The lowest BCUT2D eigenvalue weighted by Gasteiger charge is -2.23. The van der Waals surface area contributed by atoms with Gasteiger partial charge in [0.25, 0.3) is 0 Å². The average Bonchev–Trinajstić information content (AvgIpc) is 2.80. The van der Waals surface area contributed by atoms with Crippen LogP contribution in [-0.2, 0) is 11.2 Å². The van der Waals surface area contributed by atoms with E-state index >= 15 is 0 Å². The van der Waals surface area contributed by atoms with Gasteiger partial charge in [-0.15, -0.1) is 0 Å². The Labute approximate surface area is 113 Å². The first-order valence-electron chi connectivity index (χ1n) is 6.79. The van der Waals surface area contributed by atoms with Gasteiger partial charge in [0.05, 0.1) is 11.7 Å². The zero-order valence-electron chi connectivity index (χ0n) is 11.0. The second-order valence-electron chi connectivity index (χ2n) is 5.35. The van der Waals surface area contributed by atoms with Gasteiger partial charge < -0.3 is 5.32 Å². The van der Waals surface area contributed by atoms with Gasteiger partial charge in [-0.05, 0) is 24.5 Å². The van der Waals surface area contributed by atoms with Gasteiger partial charge in [0.15, 0.2) is 5.78 Å². The Balaban J connectivity index is 1.57. The number of nitrogens with one attached hydrogen (secondary N) is 1. The average molecular weight is 254 g/mol. The molecule has 98 valence electrons. The molecule has 1 aromatic rings. The highest BCUT2D eigenvalue weighted by molar-refractivity contribution is 5.96. The Morgan fingerprint density at radius 1 is 1.32 bits per heavy atom. The van der Waals surface area contributed by atoms with Gasteiger partial charge in [0, 0.05) is 25.1 Å². The summed E-state index contributed by atoms with van der Waals surface area (Å²) < 4.78 is 0. The molecular weight excluding hydrogens is 236 g/mol. The number of aliphatic imine (C=N–C) groups is 1. The number of Topliss-reactive ketones (excluding diaryl/α,β-unsaturated/α-hetero) is 1. The molecular formula is C16H18N2O. The molecule has 19 heavy (non-hydrogen) atoms. The molecule has 0 bridgehead atoms. The summed E-state index contributed by atoms with van der Waals surface area (Å²) in [5, 5.41) is 3.35. The lowest BCUT2D eigenvalue weighted by atomic mass is 9.90. The number of carbonyl (C=O) groups is 1. The third-order valence-corrected chi connectivity index (χ3v) is 3.82. The number of benzene rings is 1. The second-order valence-corrected chi connectivity index (χ2v) is 5.35. The van der Waals surface area contributed by atoms with Crippen LogP contribution >= 0.6 is 0 Å². The molecule has 0 saturated heterocycles. The third kappa shape index (κ3) is 2.66. The minimum Gasteiger partial charge on any atom is -0.302 e. The fraction of sp³-hybridized carbons (Fsp3) is 0.375. The molecule has 2 aliphatic rings. The van der Waals surface area contributed by atoms with Crippen molar-refractivity contribution in [2.45, 2.75) is 31.7 Å². The highest BCUT2D eigenvalue weighted by Crippen LogP contribution is 2.26. The quantitative estimate of drug-likeness (QED) is 0.842. The van der Waals surface area contributed by atoms with Crippen LogP contribution in [-0.4, -0.2) is 24.1 Å². The number of para-hydroxylation sites is 1. The van der Waals surface area contributed by atoms with Gasteiger partial charge in [-0.2, -0.15) is 0 Å². The first-order valence-corrected chi connectivity index (χ1v) is 6.79. The van der Waals surface area contributed by atoms with Gasteiger partial charge in [-0.3, -0.25) is 9.79 Å². The van der Waals surface area contributed by atoms with Gasteiger partial charge in [0.2, 0.25) is 0 Å². The minimum atomic E-state index is -0.0167. The molecule has 0 amide bonds. The van der Waals surface area contributed by atoms with E-state index in [9.17, 15) is 4.79 Å². The van der Waals surface area contributed by atoms with Crippen LogP contribution in [0.5, 0.6) is 0 Å². The van der Waals surface area contributed by atoms with Crippen molar-refractivity contribution in [3.63, 3.8) is 0 Å². The smallest absolute Gasteiger partial charge is 0.153 e. The predicted octanol–water partition coefficient (Wildman–Crippen LogP) is 2.58. The van der Waals surface area contributed by atoms with Crippen LogP contribution in [0.3, 0.4) is 0 Å². The summed E-state index contributed by atoms with van der Waals surface area (Å²) in [5.74, 6) is 0.271. The van der Waals surface area contributed by atoms with Crippen molar-refractivity contribution in [2.24, 2.45) is 4.99 Å². The fourth-order valence-corrected chi connectivity index (χ4v) is 2.73. The van der Waals surface area contributed by atoms with E-state index < -0.39 is 0 Å². The Morgan fingerprint density at radius 2 is 2.16 bits per heavy atom. The topological polar surface area (TPSA) is 41.5 Å². The monoisotopic (exact) mass is 254 g/mol. The molecule has 1 N–H and O–H groups in total. The lowest BCUT2D eigenvalue weighted by molar-refractivity contribution is -0.121. The van der Waals surface area contributed by atoms with E-state index in [-0.39, 0.29) is 11.8 Å². The third-order valence-electron chi connectivity index (χ3n) is 3.82. The molecule has 0 aromatic heterocycles.